The standard InChI is InChI=1S/C12H15BrF3NO2/c1-19-7-9(4-5-18)17-11-3-2-8(6-10(11)13)12(14,15)16/h2-3,6,9,17-18H,4-5,7H2,1H3. The number of alkyl halides is 3. The van der Waals surface area contributed by atoms with Gasteiger partial charge in [-0.2, -0.15) is 13.2 Å². The number of aliphatic hydroxyl groups is 1. The van der Waals surface area contributed by atoms with Gasteiger partial charge in [0.25, 0.3) is 0 Å². The first-order valence-electron chi connectivity index (χ1n) is 5.61. The SMILES string of the molecule is COCC(CCO)Nc1ccc(C(F)(F)F)cc1Br. The topological polar surface area (TPSA) is 41.5 Å². The molecule has 1 unspecified atom stereocenters. The van der Waals surface area contributed by atoms with Crippen molar-refractivity contribution in [2.24, 2.45) is 0 Å². The molecule has 0 spiro atoms. The Morgan fingerprint density at radius 3 is 2.58 bits per heavy atom. The minimum Gasteiger partial charge on any atom is -0.396 e. The number of rotatable bonds is 6. The molecule has 2 N–H and O–H groups in total. The van der Waals surface area contributed by atoms with Crippen LogP contribution < -0.4 is 5.32 Å². The van der Waals surface area contributed by atoms with E-state index in [1.165, 1.54) is 13.2 Å². The Kier molecular flexibility index (Phi) is 6.09. The lowest BCUT2D eigenvalue weighted by molar-refractivity contribution is -0.137. The summed E-state index contributed by atoms with van der Waals surface area (Å²) in [5.74, 6) is 0. The maximum Gasteiger partial charge on any atom is 0.416 e. The molecule has 0 aliphatic rings. The van der Waals surface area contributed by atoms with E-state index in [4.69, 9.17) is 9.84 Å². The van der Waals surface area contributed by atoms with Crippen molar-refractivity contribution in [3.05, 3.63) is 28.2 Å². The number of hydrogen-bond acceptors (Lipinski definition) is 3. The van der Waals surface area contributed by atoms with Crippen LogP contribution in [0.4, 0.5) is 18.9 Å². The van der Waals surface area contributed by atoms with Crippen LogP contribution in [0.15, 0.2) is 22.7 Å². The largest absolute Gasteiger partial charge is 0.416 e. The summed E-state index contributed by atoms with van der Waals surface area (Å²) in [7, 11) is 1.52. The minimum atomic E-state index is -4.36. The number of anilines is 1. The molecule has 0 aliphatic carbocycles. The second kappa shape index (κ2) is 7.12. The van der Waals surface area contributed by atoms with Gasteiger partial charge in [0.15, 0.2) is 0 Å². The van der Waals surface area contributed by atoms with Crippen molar-refractivity contribution in [3.8, 4) is 0 Å². The zero-order valence-corrected chi connectivity index (χ0v) is 11.9. The quantitative estimate of drug-likeness (QED) is 0.834. The number of nitrogens with one attached hydrogen (secondary N) is 1. The van der Waals surface area contributed by atoms with E-state index in [9.17, 15) is 13.2 Å². The molecule has 1 aromatic carbocycles. The van der Waals surface area contributed by atoms with Gasteiger partial charge in [-0.25, -0.2) is 0 Å². The molecule has 7 heteroatoms. The molecule has 3 nitrogen and oxygen atoms in total. The van der Waals surface area contributed by atoms with E-state index in [1.54, 1.807) is 0 Å². The third kappa shape index (κ3) is 5.00. The summed E-state index contributed by atoms with van der Waals surface area (Å²) in [6.07, 6.45) is -3.92. The van der Waals surface area contributed by atoms with Crippen LogP contribution in [0.3, 0.4) is 0 Å². The van der Waals surface area contributed by atoms with Gasteiger partial charge in [-0.15, -0.1) is 0 Å². The van der Waals surface area contributed by atoms with Gasteiger partial charge in [-0.05, 0) is 40.5 Å². The van der Waals surface area contributed by atoms with Crippen molar-refractivity contribution >= 4 is 21.6 Å². The van der Waals surface area contributed by atoms with Gasteiger partial charge in [0.2, 0.25) is 0 Å². The average molecular weight is 342 g/mol. The second-order valence-electron chi connectivity index (χ2n) is 4.00. The number of methoxy groups -OCH3 is 1. The highest BCUT2D eigenvalue weighted by Crippen LogP contribution is 2.34. The molecule has 1 atom stereocenters. The van der Waals surface area contributed by atoms with E-state index in [1.807, 2.05) is 0 Å². The lowest BCUT2D eigenvalue weighted by Gasteiger charge is -2.19. The third-order valence-electron chi connectivity index (χ3n) is 2.50. The fraction of sp³-hybridized carbons (Fsp3) is 0.500. The molecule has 0 saturated carbocycles. The molecule has 0 heterocycles. The van der Waals surface area contributed by atoms with Crippen LogP contribution in [-0.4, -0.2) is 31.5 Å². The van der Waals surface area contributed by atoms with Crippen LogP contribution in [0.5, 0.6) is 0 Å². The number of hydrogen-bond donors (Lipinski definition) is 2. The average Bonchev–Trinajstić information content (AvgIpc) is 2.31. The maximum atomic E-state index is 12.5. The third-order valence-corrected chi connectivity index (χ3v) is 3.16. The van der Waals surface area contributed by atoms with Gasteiger partial charge in [-0.1, -0.05) is 0 Å². The molecule has 1 aromatic rings. The molecular formula is C12H15BrF3NO2. The van der Waals surface area contributed by atoms with Crippen LogP contribution in [-0.2, 0) is 10.9 Å². The number of benzene rings is 1. The first-order chi connectivity index (χ1) is 8.88. The zero-order valence-electron chi connectivity index (χ0n) is 10.3. The normalized spacial score (nSPS) is 13.4. The van der Waals surface area contributed by atoms with Gasteiger partial charge in [0, 0.05) is 23.9 Å². The Balaban J connectivity index is 2.84. The fourth-order valence-corrected chi connectivity index (χ4v) is 2.08. The molecule has 1 rings (SSSR count). The van der Waals surface area contributed by atoms with Crippen molar-refractivity contribution < 1.29 is 23.0 Å². The molecule has 0 aromatic heterocycles. The van der Waals surface area contributed by atoms with E-state index in [2.05, 4.69) is 21.2 Å². The molecule has 19 heavy (non-hydrogen) atoms. The Labute approximate surface area is 117 Å². The minimum absolute atomic E-state index is 0.0285. The Bertz CT molecular complexity index is 406. The molecule has 0 aliphatic heterocycles. The number of aliphatic hydroxyl groups excluding tert-OH is 1. The summed E-state index contributed by atoms with van der Waals surface area (Å²) in [5, 5.41) is 11.9. The Morgan fingerprint density at radius 1 is 1.42 bits per heavy atom. The summed E-state index contributed by atoms with van der Waals surface area (Å²) in [6.45, 7) is 0.327. The summed E-state index contributed by atoms with van der Waals surface area (Å²) >= 11 is 3.10. The number of halogens is 4. The van der Waals surface area contributed by atoms with Crippen LogP contribution in [0.1, 0.15) is 12.0 Å². The van der Waals surface area contributed by atoms with Crippen LogP contribution >= 0.6 is 15.9 Å². The molecule has 0 amide bonds. The summed E-state index contributed by atoms with van der Waals surface area (Å²) in [5.41, 5.74) is -0.182. The van der Waals surface area contributed by atoms with Crippen molar-refractivity contribution in [1.29, 1.82) is 0 Å². The summed E-state index contributed by atoms with van der Waals surface area (Å²) in [4.78, 5) is 0. The smallest absolute Gasteiger partial charge is 0.396 e. The second-order valence-corrected chi connectivity index (χ2v) is 4.86. The van der Waals surface area contributed by atoms with E-state index in [-0.39, 0.29) is 12.6 Å². The first kappa shape index (κ1) is 16.3. The highest BCUT2D eigenvalue weighted by Gasteiger charge is 2.30. The molecule has 0 radical (unpaired) electrons. The highest BCUT2D eigenvalue weighted by atomic mass is 79.9. The van der Waals surface area contributed by atoms with Gasteiger partial charge < -0.3 is 15.2 Å². The van der Waals surface area contributed by atoms with Crippen molar-refractivity contribution in [1.82, 2.24) is 0 Å². The fourth-order valence-electron chi connectivity index (χ4n) is 1.58. The lowest BCUT2D eigenvalue weighted by atomic mass is 10.1. The van der Waals surface area contributed by atoms with Gasteiger partial charge in [0.05, 0.1) is 18.2 Å². The lowest BCUT2D eigenvalue weighted by Crippen LogP contribution is -2.26. The molecule has 108 valence electrons. The predicted molar refractivity (Wildman–Crippen MR) is 70.1 cm³/mol. The van der Waals surface area contributed by atoms with E-state index in [0.29, 0.717) is 23.2 Å². The monoisotopic (exact) mass is 341 g/mol. The number of ether oxygens (including phenoxy) is 1. The predicted octanol–water partition coefficient (Wildman–Crippen LogP) is 3.28. The molecule has 0 fully saturated rings. The van der Waals surface area contributed by atoms with E-state index in [0.717, 1.165) is 12.1 Å². The van der Waals surface area contributed by atoms with Gasteiger partial charge in [0.1, 0.15) is 0 Å². The zero-order chi connectivity index (χ0) is 14.5. The van der Waals surface area contributed by atoms with Crippen LogP contribution in [0.25, 0.3) is 0 Å². The van der Waals surface area contributed by atoms with Crippen molar-refractivity contribution in [2.45, 2.75) is 18.6 Å². The van der Waals surface area contributed by atoms with Crippen LogP contribution in [0.2, 0.25) is 0 Å². The maximum absolute atomic E-state index is 12.5. The van der Waals surface area contributed by atoms with Crippen molar-refractivity contribution in [2.75, 3.05) is 25.6 Å². The van der Waals surface area contributed by atoms with Gasteiger partial charge in [-0.3, -0.25) is 0 Å². The molecular weight excluding hydrogens is 327 g/mol. The molecule has 0 bridgehead atoms. The molecule has 0 saturated heterocycles. The Morgan fingerprint density at radius 2 is 2.11 bits per heavy atom. The van der Waals surface area contributed by atoms with E-state index >= 15 is 0 Å². The van der Waals surface area contributed by atoms with Crippen LogP contribution in [0, 0.1) is 0 Å². The summed E-state index contributed by atoms with van der Waals surface area (Å²) in [6, 6.07) is 3.22. The summed E-state index contributed by atoms with van der Waals surface area (Å²) < 4.78 is 42.8. The van der Waals surface area contributed by atoms with Gasteiger partial charge >= 0.3 is 6.18 Å². The first-order valence-corrected chi connectivity index (χ1v) is 6.41. The Hall–Kier alpha value is -0.790. The van der Waals surface area contributed by atoms with Crippen molar-refractivity contribution in [3.63, 3.8) is 0 Å². The van der Waals surface area contributed by atoms with E-state index < -0.39 is 11.7 Å². The highest BCUT2D eigenvalue weighted by molar-refractivity contribution is 9.10.